The monoisotopic (exact) mass is 254 g/mol. The van der Waals surface area contributed by atoms with Crippen molar-refractivity contribution in [3.63, 3.8) is 0 Å². The molecule has 0 aliphatic carbocycles. The number of oxazole rings is 1. The number of amides is 2. The topological polar surface area (TPSA) is 109 Å². The van der Waals surface area contributed by atoms with Crippen LogP contribution in [0.3, 0.4) is 0 Å². The SMILES string of the molecule is CCN=C(N)NC(=O)N(Cc1ncoc1C)NC. The van der Waals surface area contributed by atoms with Gasteiger partial charge in [0.15, 0.2) is 12.4 Å². The van der Waals surface area contributed by atoms with Crippen LogP contribution in [0.1, 0.15) is 18.4 Å². The number of rotatable bonds is 4. The Bertz CT molecular complexity index is 428. The zero-order chi connectivity index (χ0) is 13.5. The number of hydrazine groups is 1. The minimum absolute atomic E-state index is 0.0830. The van der Waals surface area contributed by atoms with Crippen molar-refractivity contribution in [1.29, 1.82) is 0 Å². The number of carbonyl (C=O) groups is 1. The number of carbonyl (C=O) groups excluding carboxylic acids is 1. The van der Waals surface area contributed by atoms with Gasteiger partial charge >= 0.3 is 6.03 Å². The van der Waals surface area contributed by atoms with E-state index in [2.05, 4.69) is 20.7 Å². The molecule has 0 saturated heterocycles. The van der Waals surface area contributed by atoms with Crippen molar-refractivity contribution in [3.8, 4) is 0 Å². The maximum Gasteiger partial charge on any atom is 0.338 e. The van der Waals surface area contributed by atoms with E-state index in [4.69, 9.17) is 10.2 Å². The van der Waals surface area contributed by atoms with Crippen LogP contribution in [-0.2, 0) is 6.54 Å². The van der Waals surface area contributed by atoms with Gasteiger partial charge in [-0.2, -0.15) is 0 Å². The normalized spacial score (nSPS) is 11.4. The van der Waals surface area contributed by atoms with Gasteiger partial charge in [-0.05, 0) is 13.8 Å². The van der Waals surface area contributed by atoms with Crippen molar-refractivity contribution in [2.75, 3.05) is 13.6 Å². The van der Waals surface area contributed by atoms with E-state index in [9.17, 15) is 4.79 Å². The lowest BCUT2D eigenvalue weighted by Crippen LogP contribution is -2.50. The van der Waals surface area contributed by atoms with Gasteiger partial charge in [-0.1, -0.05) is 0 Å². The van der Waals surface area contributed by atoms with Gasteiger partial charge in [0.05, 0.1) is 6.54 Å². The number of hydrogen-bond acceptors (Lipinski definition) is 5. The zero-order valence-corrected chi connectivity index (χ0v) is 10.7. The Morgan fingerprint density at radius 2 is 2.39 bits per heavy atom. The van der Waals surface area contributed by atoms with E-state index in [1.54, 1.807) is 14.0 Å². The van der Waals surface area contributed by atoms with Crippen molar-refractivity contribution < 1.29 is 9.21 Å². The van der Waals surface area contributed by atoms with Gasteiger partial charge in [-0.15, -0.1) is 0 Å². The highest BCUT2D eigenvalue weighted by Gasteiger charge is 2.16. The molecule has 0 atom stereocenters. The molecule has 0 aliphatic heterocycles. The molecule has 0 saturated carbocycles. The lowest BCUT2D eigenvalue weighted by molar-refractivity contribution is 0.177. The molecule has 1 rings (SSSR count). The van der Waals surface area contributed by atoms with Crippen molar-refractivity contribution in [2.24, 2.45) is 10.7 Å². The number of nitrogens with one attached hydrogen (secondary N) is 2. The molecular weight excluding hydrogens is 236 g/mol. The summed E-state index contributed by atoms with van der Waals surface area (Å²) in [7, 11) is 1.63. The number of hydrogen-bond donors (Lipinski definition) is 3. The van der Waals surface area contributed by atoms with Crippen LogP contribution in [0.4, 0.5) is 4.79 Å². The van der Waals surface area contributed by atoms with Gasteiger partial charge in [0.25, 0.3) is 0 Å². The first-order valence-corrected chi connectivity index (χ1v) is 5.53. The fourth-order valence-corrected chi connectivity index (χ4v) is 1.27. The molecular formula is C10H18N6O2. The molecule has 18 heavy (non-hydrogen) atoms. The van der Waals surface area contributed by atoms with Crippen LogP contribution < -0.4 is 16.5 Å². The Balaban J connectivity index is 2.64. The van der Waals surface area contributed by atoms with E-state index in [0.717, 1.165) is 0 Å². The highest BCUT2D eigenvalue weighted by molar-refractivity contribution is 5.95. The number of guanidine groups is 1. The molecule has 1 aromatic heterocycles. The summed E-state index contributed by atoms with van der Waals surface area (Å²) in [4.78, 5) is 19.7. The Morgan fingerprint density at radius 3 is 2.89 bits per heavy atom. The smallest absolute Gasteiger partial charge is 0.338 e. The van der Waals surface area contributed by atoms with Crippen LogP contribution >= 0.6 is 0 Å². The van der Waals surface area contributed by atoms with Crippen molar-refractivity contribution >= 4 is 12.0 Å². The maximum absolute atomic E-state index is 11.8. The predicted molar refractivity (Wildman–Crippen MR) is 66.5 cm³/mol. The lowest BCUT2D eigenvalue weighted by Gasteiger charge is -2.20. The van der Waals surface area contributed by atoms with Crippen LogP contribution in [0.2, 0.25) is 0 Å². The average Bonchev–Trinajstić information content (AvgIpc) is 2.71. The molecule has 0 spiro atoms. The number of aliphatic imine (C=N–C) groups is 1. The Labute approximate surface area is 105 Å². The summed E-state index contributed by atoms with van der Waals surface area (Å²) >= 11 is 0. The molecule has 0 aliphatic rings. The molecule has 8 heteroatoms. The highest BCUT2D eigenvalue weighted by Crippen LogP contribution is 2.06. The summed E-state index contributed by atoms with van der Waals surface area (Å²) in [5.41, 5.74) is 8.93. The van der Waals surface area contributed by atoms with E-state index in [1.165, 1.54) is 11.4 Å². The second-order valence-corrected chi connectivity index (χ2v) is 3.45. The number of nitrogens with two attached hydrogens (primary N) is 1. The number of nitrogens with zero attached hydrogens (tertiary/aromatic N) is 3. The van der Waals surface area contributed by atoms with Crippen LogP contribution in [0.15, 0.2) is 15.8 Å². The van der Waals surface area contributed by atoms with Gasteiger partial charge in [-0.25, -0.2) is 15.2 Å². The van der Waals surface area contributed by atoms with Gasteiger partial charge in [0, 0.05) is 13.6 Å². The molecule has 4 N–H and O–H groups in total. The molecule has 0 bridgehead atoms. The molecule has 100 valence electrons. The Morgan fingerprint density at radius 1 is 1.67 bits per heavy atom. The number of aryl methyl sites for hydroxylation is 1. The molecule has 1 heterocycles. The summed E-state index contributed by atoms with van der Waals surface area (Å²) in [6, 6.07) is -0.408. The van der Waals surface area contributed by atoms with Crippen molar-refractivity contribution in [2.45, 2.75) is 20.4 Å². The highest BCUT2D eigenvalue weighted by atomic mass is 16.3. The van der Waals surface area contributed by atoms with Crippen LogP contribution in [0.5, 0.6) is 0 Å². The van der Waals surface area contributed by atoms with Crippen LogP contribution in [0.25, 0.3) is 0 Å². The Kier molecular flexibility index (Phi) is 5.12. The summed E-state index contributed by atoms with van der Waals surface area (Å²) in [5, 5.41) is 3.78. The van der Waals surface area contributed by atoms with E-state index >= 15 is 0 Å². The summed E-state index contributed by atoms with van der Waals surface area (Å²) in [6.07, 6.45) is 1.34. The van der Waals surface area contributed by atoms with Gasteiger partial charge in [0.2, 0.25) is 0 Å². The first-order chi connectivity index (χ1) is 8.58. The molecule has 0 aromatic carbocycles. The standard InChI is InChI=1S/C10H18N6O2/c1-4-13-9(11)15-10(17)16(12-3)5-8-7(2)18-6-14-8/h6,12H,4-5H2,1-3H3,(H3,11,13,15,17). The molecule has 0 fully saturated rings. The van der Waals surface area contributed by atoms with Crippen molar-refractivity contribution in [3.05, 3.63) is 17.8 Å². The molecule has 0 radical (unpaired) electrons. The first-order valence-electron chi connectivity index (χ1n) is 5.53. The summed E-state index contributed by atoms with van der Waals surface area (Å²) < 4.78 is 5.06. The summed E-state index contributed by atoms with van der Waals surface area (Å²) in [5.74, 6) is 0.748. The second-order valence-electron chi connectivity index (χ2n) is 3.45. The quantitative estimate of drug-likeness (QED) is 0.397. The lowest BCUT2D eigenvalue weighted by atomic mass is 10.3. The first kappa shape index (κ1) is 14.0. The number of aromatic nitrogens is 1. The van der Waals surface area contributed by atoms with Crippen LogP contribution in [-0.4, -0.2) is 35.6 Å². The van der Waals surface area contributed by atoms with E-state index in [-0.39, 0.29) is 12.5 Å². The molecule has 8 nitrogen and oxygen atoms in total. The average molecular weight is 254 g/mol. The van der Waals surface area contributed by atoms with Gasteiger partial charge in [-0.3, -0.25) is 15.3 Å². The fourth-order valence-electron chi connectivity index (χ4n) is 1.27. The van der Waals surface area contributed by atoms with Crippen LogP contribution in [0, 0.1) is 6.92 Å². The molecule has 2 amide bonds. The zero-order valence-electron chi connectivity index (χ0n) is 10.7. The number of urea groups is 1. The van der Waals surface area contributed by atoms with E-state index < -0.39 is 6.03 Å². The largest absolute Gasteiger partial charge is 0.448 e. The Hall–Kier alpha value is -2.09. The third-order valence-corrected chi connectivity index (χ3v) is 2.23. The van der Waals surface area contributed by atoms with Gasteiger partial charge < -0.3 is 10.2 Å². The molecule has 1 aromatic rings. The second kappa shape index (κ2) is 6.60. The van der Waals surface area contributed by atoms with E-state index in [1.807, 2.05) is 6.92 Å². The third-order valence-electron chi connectivity index (χ3n) is 2.23. The fraction of sp³-hybridized carbons (Fsp3) is 0.500. The predicted octanol–water partition coefficient (Wildman–Crippen LogP) is -0.0364. The van der Waals surface area contributed by atoms with E-state index in [0.29, 0.717) is 18.0 Å². The van der Waals surface area contributed by atoms with Gasteiger partial charge in [0.1, 0.15) is 11.5 Å². The summed E-state index contributed by atoms with van der Waals surface area (Å²) in [6.45, 7) is 4.38. The molecule has 0 unspecified atom stereocenters. The van der Waals surface area contributed by atoms with Crippen molar-refractivity contribution in [1.82, 2.24) is 20.7 Å². The third kappa shape index (κ3) is 3.74. The minimum atomic E-state index is -0.408. The maximum atomic E-state index is 11.8. The minimum Gasteiger partial charge on any atom is -0.448 e.